The molecule has 0 aromatic carbocycles. The van der Waals surface area contributed by atoms with Crippen molar-refractivity contribution < 1.29 is 53.0 Å². The number of aromatic nitrogens is 1. The maximum absolute atomic E-state index is 13.5. The molecular formula is C34H57N13O11. The molecule has 24 nitrogen and oxygen atoms in total. The molecule has 0 unspecified atom stereocenters. The quantitative estimate of drug-likeness (QED) is 0.0263. The van der Waals surface area contributed by atoms with Crippen LogP contribution in [0, 0.1) is 0 Å². The topological polar surface area (TPSA) is 395 Å². The van der Waals surface area contributed by atoms with Crippen molar-refractivity contribution in [3.63, 3.8) is 0 Å². The first-order valence-electron chi connectivity index (χ1n) is 18.8. The summed E-state index contributed by atoms with van der Waals surface area (Å²) >= 11 is 0. The summed E-state index contributed by atoms with van der Waals surface area (Å²) in [6.07, 6.45) is 2.97. The molecule has 2 heterocycles. The minimum absolute atomic E-state index is 0.0107. The molecule has 1 fully saturated rings. The highest BCUT2D eigenvalue weighted by Crippen LogP contribution is 2.19. The van der Waals surface area contributed by atoms with Crippen LogP contribution in [0.25, 0.3) is 0 Å². The van der Waals surface area contributed by atoms with Gasteiger partial charge in [0.2, 0.25) is 47.1 Å². The third-order valence-corrected chi connectivity index (χ3v) is 9.02. The fraction of sp³-hybridized carbons (Fsp3) is 0.647. The maximum Gasteiger partial charge on any atom is 0.288 e. The third kappa shape index (κ3) is 15.6. The number of nitrogens with one attached hydrogen (secondary N) is 6. The van der Waals surface area contributed by atoms with Crippen LogP contribution in [0.2, 0.25) is 0 Å². The first-order chi connectivity index (χ1) is 27.4. The van der Waals surface area contributed by atoms with E-state index in [9.17, 15) is 48.6 Å². The van der Waals surface area contributed by atoms with Gasteiger partial charge in [0.25, 0.3) is 5.91 Å². The highest BCUT2D eigenvalue weighted by molar-refractivity contribution is 5.97. The predicted molar refractivity (Wildman–Crippen MR) is 204 cm³/mol. The zero-order valence-electron chi connectivity index (χ0n) is 32.8. The van der Waals surface area contributed by atoms with E-state index in [1.54, 1.807) is 0 Å². The third-order valence-electron chi connectivity index (χ3n) is 9.02. The van der Waals surface area contributed by atoms with Crippen LogP contribution in [0.4, 0.5) is 0 Å². The Bertz CT molecular complexity index is 1600. The number of rotatable bonds is 24. The van der Waals surface area contributed by atoms with E-state index in [2.05, 4.69) is 41.9 Å². The smallest absolute Gasteiger partial charge is 0.288 e. The number of carbonyl (C=O) groups is 8. The minimum atomic E-state index is -1.57. The molecule has 8 amide bonds. The van der Waals surface area contributed by atoms with Gasteiger partial charge in [-0.2, -0.15) is 0 Å². The van der Waals surface area contributed by atoms with Crippen molar-refractivity contribution in [1.29, 1.82) is 0 Å². The van der Waals surface area contributed by atoms with E-state index in [4.69, 9.17) is 27.4 Å². The van der Waals surface area contributed by atoms with Crippen molar-refractivity contribution in [3.8, 4) is 0 Å². The zero-order chi connectivity index (χ0) is 43.5. The van der Waals surface area contributed by atoms with Crippen LogP contribution in [-0.4, -0.2) is 148 Å². The second-order valence-electron chi connectivity index (χ2n) is 13.8. The SMILES string of the molecule is C[C@H](NC(=O)[C@@H]1CCCN1C(=O)[C@H](C)NC(=O)[C@H](CO)NC(=O)[C@H](CCCCNC(=O)c1cnco1)NC(=O)[C@@H](N)CCCN=C(N)N)C(=O)N[C@H](C(N)=O)[C@@H](C)O. The Balaban J connectivity index is 2.04. The van der Waals surface area contributed by atoms with Crippen LogP contribution in [0.5, 0.6) is 0 Å². The number of unbranched alkanes of at least 4 members (excludes halogenated alkanes) is 1. The summed E-state index contributed by atoms with van der Waals surface area (Å²) in [4.78, 5) is 111. The van der Waals surface area contributed by atoms with Gasteiger partial charge >= 0.3 is 0 Å². The Morgan fingerprint density at radius 2 is 1.55 bits per heavy atom. The van der Waals surface area contributed by atoms with E-state index in [0.717, 1.165) is 6.39 Å². The second kappa shape index (κ2) is 24.0. The number of aliphatic hydroxyl groups excluding tert-OH is 2. The molecule has 1 aliphatic rings. The lowest BCUT2D eigenvalue weighted by Gasteiger charge is -2.29. The van der Waals surface area contributed by atoms with Crippen LogP contribution in [-0.2, 0) is 33.6 Å². The summed E-state index contributed by atoms with van der Waals surface area (Å²) in [6, 6.07) is -8.68. The summed E-state index contributed by atoms with van der Waals surface area (Å²) in [5.74, 6) is -6.20. The van der Waals surface area contributed by atoms with Gasteiger partial charge in [0.15, 0.2) is 12.4 Å². The maximum atomic E-state index is 13.5. The van der Waals surface area contributed by atoms with E-state index in [1.807, 2.05) is 0 Å². The normalized spacial score (nSPS) is 17.2. The first-order valence-corrected chi connectivity index (χ1v) is 18.8. The van der Waals surface area contributed by atoms with Crippen molar-refractivity contribution in [1.82, 2.24) is 41.8 Å². The molecule has 58 heavy (non-hydrogen) atoms. The average Bonchev–Trinajstić information content (AvgIpc) is 3.89. The van der Waals surface area contributed by atoms with Crippen LogP contribution in [0.3, 0.4) is 0 Å². The molecule has 1 aliphatic heterocycles. The summed E-state index contributed by atoms with van der Waals surface area (Å²) in [7, 11) is 0. The van der Waals surface area contributed by atoms with E-state index >= 15 is 0 Å². The molecule has 1 aromatic rings. The summed E-state index contributed by atoms with van der Waals surface area (Å²) < 4.78 is 4.94. The summed E-state index contributed by atoms with van der Waals surface area (Å²) in [6.45, 7) is 3.60. The van der Waals surface area contributed by atoms with E-state index in [-0.39, 0.29) is 50.6 Å². The highest BCUT2D eigenvalue weighted by Gasteiger charge is 2.38. The molecular weight excluding hydrogens is 766 g/mol. The van der Waals surface area contributed by atoms with Crippen LogP contribution in [0.15, 0.2) is 22.0 Å². The Morgan fingerprint density at radius 1 is 0.879 bits per heavy atom. The van der Waals surface area contributed by atoms with Gasteiger partial charge in [0.05, 0.1) is 24.9 Å². The van der Waals surface area contributed by atoms with Crippen molar-refractivity contribution in [2.24, 2.45) is 27.9 Å². The van der Waals surface area contributed by atoms with Gasteiger partial charge < -0.3 is 74.4 Å². The Morgan fingerprint density at radius 3 is 2.16 bits per heavy atom. The highest BCUT2D eigenvalue weighted by atomic mass is 16.3. The molecule has 0 radical (unpaired) electrons. The van der Waals surface area contributed by atoms with Crippen molar-refractivity contribution >= 4 is 53.2 Å². The summed E-state index contributed by atoms with van der Waals surface area (Å²) in [5.41, 5.74) is 21.9. The van der Waals surface area contributed by atoms with Gasteiger partial charge in [-0.25, -0.2) is 4.98 Å². The van der Waals surface area contributed by atoms with Crippen LogP contribution < -0.4 is 54.8 Å². The largest absolute Gasteiger partial charge is 0.438 e. The number of likely N-dealkylation sites (tertiary alicyclic amines) is 1. The van der Waals surface area contributed by atoms with Gasteiger partial charge in [0.1, 0.15) is 36.3 Å². The minimum Gasteiger partial charge on any atom is -0.438 e. The number of aliphatic imine (C=N–C) groups is 1. The first kappa shape index (κ1) is 48.3. The number of hydrogen-bond donors (Lipinski definition) is 12. The molecule has 0 aliphatic carbocycles. The molecule has 24 heteroatoms. The standard InChI is InChI=1S/C34H57N13O11/c1-17(27(51)46-25(19(3)49)26(36)50)42-31(55)23-10-7-13-47(23)33(57)18(2)43-30(54)22(15-48)45-29(53)21(44-28(52)20(35)8-6-12-41-34(37)38)9-4-5-11-40-32(56)24-14-39-16-58-24/h14,16-23,25,48-49H,4-13,15,35H2,1-3H3,(H2,36,50)(H,40,56)(H,42,55)(H,43,54)(H,44,52)(H,45,53)(H,46,51)(H4,37,38,41)/t17-,18-,19+,20-,21-,22-,23-,25-/m0/s1. The number of carbonyl (C=O) groups excluding carboxylic acids is 8. The number of amides is 8. The number of oxazole rings is 1. The molecule has 0 spiro atoms. The lowest BCUT2D eigenvalue weighted by Crippen LogP contribution is -2.59. The van der Waals surface area contributed by atoms with E-state index in [1.165, 1.54) is 31.9 Å². The molecule has 0 saturated carbocycles. The zero-order valence-corrected chi connectivity index (χ0v) is 32.8. The number of primary amides is 1. The van der Waals surface area contributed by atoms with E-state index < -0.39 is 102 Å². The van der Waals surface area contributed by atoms with Gasteiger partial charge in [-0.3, -0.25) is 43.3 Å². The van der Waals surface area contributed by atoms with Gasteiger partial charge in [-0.1, -0.05) is 0 Å². The molecule has 16 N–H and O–H groups in total. The molecule has 8 atom stereocenters. The number of nitrogens with two attached hydrogens (primary N) is 4. The number of hydrogen-bond acceptors (Lipinski definition) is 14. The van der Waals surface area contributed by atoms with Crippen molar-refractivity contribution in [2.75, 3.05) is 26.2 Å². The number of nitrogens with zero attached hydrogens (tertiary/aromatic N) is 3. The predicted octanol–water partition coefficient (Wildman–Crippen LogP) is -5.73. The van der Waals surface area contributed by atoms with Crippen molar-refractivity contribution in [3.05, 3.63) is 18.4 Å². The average molecular weight is 824 g/mol. The molecule has 2 rings (SSSR count). The molecule has 324 valence electrons. The lowest BCUT2D eigenvalue weighted by atomic mass is 10.1. The molecule has 1 aromatic heterocycles. The van der Waals surface area contributed by atoms with Gasteiger partial charge in [-0.15, -0.1) is 0 Å². The monoisotopic (exact) mass is 823 g/mol. The number of guanidine groups is 1. The summed E-state index contributed by atoms with van der Waals surface area (Å²) in [5, 5.41) is 34.6. The fourth-order valence-corrected chi connectivity index (χ4v) is 5.77. The Kier molecular flexibility index (Phi) is 20.0. The van der Waals surface area contributed by atoms with Crippen molar-refractivity contribution in [2.45, 2.75) is 114 Å². The Labute approximate surface area is 334 Å². The Hall–Kier alpha value is -5.88. The van der Waals surface area contributed by atoms with Crippen LogP contribution in [0.1, 0.15) is 76.3 Å². The second-order valence-corrected chi connectivity index (χ2v) is 13.8. The van der Waals surface area contributed by atoms with Crippen LogP contribution >= 0.6 is 0 Å². The van der Waals surface area contributed by atoms with Gasteiger partial charge in [-0.05, 0) is 65.7 Å². The molecule has 1 saturated heterocycles. The number of aliphatic hydroxyl groups is 2. The van der Waals surface area contributed by atoms with Gasteiger partial charge in [0, 0.05) is 19.6 Å². The fourth-order valence-electron chi connectivity index (χ4n) is 5.77. The lowest BCUT2D eigenvalue weighted by molar-refractivity contribution is -0.142. The molecule has 0 bridgehead atoms. The van der Waals surface area contributed by atoms with E-state index in [0.29, 0.717) is 25.7 Å².